The van der Waals surface area contributed by atoms with E-state index in [2.05, 4.69) is 16.1 Å². The van der Waals surface area contributed by atoms with Gasteiger partial charge < -0.3 is 9.47 Å². The molecule has 2 aromatic carbocycles. The number of fused-ring (bicyclic) bond motifs is 1. The van der Waals surface area contributed by atoms with Crippen LogP contribution in [0, 0.1) is 11.3 Å². The zero-order chi connectivity index (χ0) is 13.8. The smallest absolute Gasteiger partial charge is 0.411 e. The largest absolute Gasteiger partial charge is 0.495 e. The highest BCUT2D eigenvalue weighted by molar-refractivity contribution is 6.03. The van der Waals surface area contributed by atoms with Crippen molar-refractivity contribution in [3.8, 4) is 11.8 Å². The van der Waals surface area contributed by atoms with E-state index in [-0.39, 0.29) is 0 Å². The van der Waals surface area contributed by atoms with Gasteiger partial charge in [-0.3, -0.25) is 5.32 Å². The van der Waals surface area contributed by atoms with Crippen molar-refractivity contribution in [1.29, 1.82) is 5.26 Å². The average molecular weight is 256 g/mol. The summed E-state index contributed by atoms with van der Waals surface area (Å²) in [4.78, 5) is 11.4. The van der Waals surface area contributed by atoms with E-state index in [1.54, 1.807) is 18.2 Å². The van der Waals surface area contributed by atoms with Crippen LogP contribution in [0.3, 0.4) is 0 Å². The molecule has 0 saturated heterocycles. The molecule has 5 nitrogen and oxygen atoms in total. The minimum absolute atomic E-state index is 0.490. The fraction of sp³-hybridized carbons (Fsp3) is 0.143. The van der Waals surface area contributed by atoms with Crippen molar-refractivity contribution in [2.75, 3.05) is 19.5 Å². The molecular weight excluding hydrogens is 244 g/mol. The normalized spacial score (nSPS) is 9.74. The Bertz CT molecular complexity index is 674. The number of anilines is 1. The lowest BCUT2D eigenvalue weighted by atomic mass is 10.1. The highest BCUT2D eigenvalue weighted by atomic mass is 16.5. The first kappa shape index (κ1) is 12.7. The van der Waals surface area contributed by atoms with Crippen molar-refractivity contribution in [2.45, 2.75) is 0 Å². The summed E-state index contributed by atoms with van der Waals surface area (Å²) >= 11 is 0. The standard InChI is InChI=1S/C14H12N2O3/c1-18-12-6-5-10-4-3-9(8-15)7-11(10)13(12)16-14(17)19-2/h3-7H,1-2H3,(H,16,17). The number of nitriles is 1. The zero-order valence-electron chi connectivity index (χ0n) is 10.6. The number of rotatable bonds is 2. The molecule has 0 atom stereocenters. The second kappa shape index (κ2) is 5.27. The number of ether oxygens (including phenoxy) is 2. The Morgan fingerprint density at radius 2 is 2.00 bits per heavy atom. The van der Waals surface area contributed by atoms with Crippen molar-refractivity contribution in [2.24, 2.45) is 0 Å². The quantitative estimate of drug-likeness (QED) is 0.896. The van der Waals surface area contributed by atoms with E-state index in [0.717, 1.165) is 10.8 Å². The molecule has 0 unspecified atom stereocenters. The Labute approximate surface area is 110 Å². The number of hydrogen-bond donors (Lipinski definition) is 1. The van der Waals surface area contributed by atoms with E-state index in [0.29, 0.717) is 17.0 Å². The molecular formula is C14H12N2O3. The van der Waals surface area contributed by atoms with E-state index >= 15 is 0 Å². The molecule has 5 heteroatoms. The number of methoxy groups -OCH3 is 2. The number of benzene rings is 2. The molecule has 2 aromatic rings. The van der Waals surface area contributed by atoms with E-state index in [9.17, 15) is 4.79 Å². The van der Waals surface area contributed by atoms with Crippen LogP contribution in [-0.4, -0.2) is 20.3 Å². The fourth-order valence-electron chi connectivity index (χ4n) is 1.82. The van der Waals surface area contributed by atoms with Crippen LogP contribution < -0.4 is 10.1 Å². The lowest BCUT2D eigenvalue weighted by Gasteiger charge is -2.12. The maximum atomic E-state index is 11.4. The fourth-order valence-corrected chi connectivity index (χ4v) is 1.82. The van der Waals surface area contributed by atoms with Crippen LogP contribution in [0.25, 0.3) is 10.8 Å². The third-order valence-electron chi connectivity index (χ3n) is 2.74. The van der Waals surface area contributed by atoms with Gasteiger partial charge in [0.2, 0.25) is 0 Å². The molecule has 2 rings (SSSR count). The Morgan fingerprint density at radius 1 is 1.26 bits per heavy atom. The van der Waals surface area contributed by atoms with Crippen LogP contribution in [0.5, 0.6) is 5.75 Å². The minimum Gasteiger partial charge on any atom is -0.495 e. The summed E-state index contributed by atoms with van der Waals surface area (Å²) in [6.07, 6.45) is -0.590. The summed E-state index contributed by atoms with van der Waals surface area (Å²) in [5, 5.41) is 13.2. The van der Waals surface area contributed by atoms with Gasteiger partial charge in [-0.05, 0) is 23.6 Å². The third kappa shape index (κ3) is 2.43. The van der Waals surface area contributed by atoms with Crippen LogP contribution in [0.15, 0.2) is 30.3 Å². The molecule has 0 aliphatic carbocycles. The molecule has 96 valence electrons. The summed E-state index contributed by atoms with van der Waals surface area (Å²) in [7, 11) is 2.80. The number of nitrogens with zero attached hydrogens (tertiary/aromatic N) is 1. The molecule has 0 heterocycles. The van der Waals surface area contributed by atoms with Crippen LogP contribution in [0.4, 0.5) is 10.5 Å². The van der Waals surface area contributed by atoms with Gasteiger partial charge in [-0.2, -0.15) is 5.26 Å². The van der Waals surface area contributed by atoms with Gasteiger partial charge in [0, 0.05) is 5.39 Å². The lowest BCUT2D eigenvalue weighted by molar-refractivity contribution is 0.187. The maximum Gasteiger partial charge on any atom is 0.411 e. The number of nitrogens with one attached hydrogen (secondary N) is 1. The highest BCUT2D eigenvalue weighted by Gasteiger charge is 2.12. The molecule has 0 spiro atoms. The summed E-state index contributed by atoms with van der Waals surface area (Å²) < 4.78 is 9.81. The van der Waals surface area contributed by atoms with Crippen LogP contribution in [-0.2, 0) is 4.74 Å². The average Bonchev–Trinajstić information content (AvgIpc) is 2.46. The second-order valence-electron chi connectivity index (χ2n) is 3.81. The topological polar surface area (TPSA) is 71.3 Å². The number of carbonyl (C=O) groups excluding carboxylic acids is 1. The maximum absolute atomic E-state index is 11.4. The lowest BCUT2D eigenvalue weighted by Crippen LogP contribution is -2.12. The molecule has 19 heavy (non-hydrogen) atoms. The molecule has 0 aromatic heterocycles. The molecule has 0 radical (unpaired) electrons. The van der Waals surface area contributed by atoms with Gasteiger partial charge >= 0.3 is 6.09 Å². The summed E-state index contributed by atoms with van der Waals surface area (Å²) in [6.45, 7) is 0. The molecule has 0 aliphatic heterocycles. The van der Waals surface area contributed by atoms with Crippen molar-refractivity contribution in [3.63, 3.8) is 0 Å². The van der Waals surface area contributed by atoms with Crippen LogP contribution in [0.1, 0.15) is 5.56 Å². The Kier molecular flexibility index (Phi) is 3.53. The molecule has 1 amide bonds. The summed E-state index contributed by atoms with van der Waals surface area (Å²) in [6, 6.07) is 10.9. The van der Waals surface area contributed by atoms with Gasteiger partial charge in [-0.25, -0.2) is 4.79 Å². The van der Waals surface area contributed by atoms with E-state index in [1.807, 2.05) is 12.1 Å². The number of carbonyl (C=O) groups is 1. The van der Waals surface area contributed by atoms with Gasteiger partial charge in [0.05, 0.1) is 31.5 Å². The van der Waals surface area contributed by atoms with Crippen molar-refractivity contribution in [3.05, 3.63) is 35.9 Å². The summed E-state index contributed by atoms with van der Waals surface area (Å²) in [5.41, 5.74) is 0.998. The van der Waals surface area contributed by atoms with Gasteiger partial charge in [0.1, 0.15) is 5.75 Å². The van der Waals surface area contributed by atoms with Crippen molar-refractivity contribution >= 4 is 22.6 Å². The Morgan fingerprint density at radius 3 is 2.63 bits per heavy atom. The van der Waals surface area contributed by atoms with Crippen molar-refractivity contribution < 1.29 is 14.3 Å². The monoisotopic (exact) mass is 256 g/mol. The van der Waals surface area contributed by atoms with Gasteiger partial charge in [0.15, 0.2) is 0 Å². The zero-order valence-corrected chi connectivity index (χ0v) is 10.6. The van der Waals surface area contributed by atoms with Crippen molar-refractivity contribution in [1.82, 2.24) is 0 Å². The Hall–Kier alpha value is -2.74. The van der Waals surface area contributed by atoms with E-state index in [4.69, 9.17) is 10.00 Å². The van der Waals surface area contributed by atoms with Crippen LogP contribution >= 0.6 is 0 Å². The SMILES string of the molecule is COC(=O)Nc1c(OC)ccc2ccc(C#N)cc12. The number of hydrogen-bond acceptors (Lipinski definition) is 4. The second-order valence-corrected chi connectivity index (χ2v) is 3.81. The minimum atomic E-state index is -0.590. The van der Waals surface area contributed by atoms with E-state index in [1.165, 1.54) is 14.2 Å². The van der Waals surface area contributed by atoms with Gasteiger partial charge in [-0.1, -0.05) is 12.1 Å². The molecule has 0 fully saturated rings. The molecule has 0 saturated carbocycles. The third-order valence-corrected chi connectivity index (χ3v) is 2.74. The molecule has 0 aliphatic rings. The molecule has 0 bridgehead atoms. The highest BCUT2D eigenvalue weighted by Crippen LogP contribution is 2.33. The van der Waals surface area contributed by atoms with Crippen LogP contribution in [0.2, 0.25) is 0 Å². The predicted molar refractivity (Wildman–Crippen MR) is 71.2 cm³/mol. The summed E-state index contributed by atoms with van der Waals surface area (Å²) in [5.74, 6) is 0.507. The predicted octanol–water partition coefficient (Wildman–Crippen LogP) is 2.90. The Balaban J connectivity index is 2.67. The number of amides is 1. The first-order valence-corrected chi connectivity index (χ1v) is 5.55. The van der Waals surface area contributed by atoms with E-state index < -0.39 is 6.09 Å². The van der Waals surface area contributed by atoms with Gasteiger partial charge in [0.25, 0.3) is 0 Å². The first-order chi connectivity index (χ1) is 9.19. The molecule has 1 N–H and O–H groups in total. The first-order valence-electron chi connectivity index (χ1n) is 5.55. The van der Waals surface area contributed by atoms with Gasteiger partial charge in [-0.15, -0.1) is 0 Å².